The minimum Gasteiger partial charge on any atom is -0.541 e. The van der Waals surface area contributed by atoms with E-state index in [1.54, 1.807) is 24.3 Å². The normalized spacial score (nSPS) is 10.2. The number of carbonyl (C=O) groups excluding carboxylic acids is 1. The monoisotopic (exact) mass is 222 g/mol. The van der Waals surface area contributed by atoms with Crippen molar-refractivity contribution in [2.45, 2.75) is 0 Å². The van der Waals surface area contributed by atoms with Crippen molar-refractivity contribution in [1.29, 1.82) is 0 Å². The SMILES string of the molecule is O=C([O-])c1cc(-c2cccc(Cl)c2)no1. The largest absolute Gasteiger partial charge is 0.541 e. The van der Waals surface area contributed by atoms with E-state index in [1.165, 1.54) is 6.07 Å². The maximum absolute atomic E-state index is 10.4. The molecule has 0 N–H and O–H groups in total. The Morgan fingerprint density at radius 3 is 2.80 bits per heavy atom. The molecule has 2 aromatic rings. The zero-order valence-electron chi connectivity index (χ0n) is 7.44. The maximum atomic E-state index is 10.4. The Bertz CT molecular complexity index is 507. The zero-order valence-corrected chi connectivity index (χ0v) is 8.19. The number of carbonyl (C=O) groups is 1. The second kappa shape index (κ2) is 3.74. The predicted octanol–water partition coefficient (Wildman–Crippen LogP) is 1.36. The summed E-state index contributed by atoms with van der Waals surface area (Å²) < 4.78 is 4.57. The average Bonchev–Trinajstić information content (AvgIpc) is 2.66. The molecule has 1 aromatic heterocycles. The Balaban J connectivity index is 2.41. The van der Waals surface area contributed by atoms with Crippen LogP contribution in [0.25, 0.3) is 11.3 Å². The molecule has 0 spiro atoms. The summed E-state index contributed by atoms with van der Waals surface area (Å²) >= 11 is 5.78. The third-order valence-electron chi connectivity index (χ3n) is 1.83. The molecule has 0 saturated carbocycles. The van der Waals surface area contributed by atoms with Crippen molar-refractivity contribution in [2.24, 2.45) is 0 Å². The first-order chi connectivity index (χ1) is 7.16. The Kier molecular flexibility index (Phi) is 2.43. The highest BCUT2D eigenvalue weighted by Crippen LogP contribution is 2.21. The first-order valence-electron chi connectivity index (χ1n) is 4.11. The Labute approximate surface area is 90.1 Å². The van der Waals surface area contributed by atoms with E-state index in [0.717, 1.165) is 0 Å². The van der Waals surface area contributed by atoms with Gasteiger partial charge in [-0.15, -0.1) is 0 Å². The lowest BCUT2D eigenvalue weighted by atomic mass is 10.1. The van der Waals surface area contributed by atoms with E-state index in [4.69, 9.17) is 11.6 Å². The summed E-state index contributed by atoms with van der Waals surface area (Å²) in [6.45, 7) is 0. The summed E-state index contributed by atoms with van der Waals surface area (Å²) in [6.07, 6.45) is 0. The molecule has 0 amide bonds. The van der Waals surface area contributed by atoms with Gasteiger partial charge in [0.2, 0.25) is 0 Å². The van der Waals surface area contributed by atoms with E-state index in [9.17, 15) is 9.90 Å². The van der Waals surface area contributed by atoms with Crippen LogP contribution in [0.15, 0.2) is 34.9 Å². The fraction of sp³-hybridized carbons (Fsp3) is 0. The lowest BCUT2D eigenvalue weighted by Gasteiger charge is -1.94. The average molecular weight is 223 g/mol. The number of halogens is 1. The van der Waals surface area contributed by atoms with Crippen molar-refractivity contribution >= 4 is 17.6 Å². The number of rotatable bonds is 2. The van der Waals surface area contributed by atoms with Crippen molar-refractivity contribution in [3.63, 3.8) is 0 Å². The number of hydrogen-bond acceptors (Lipinski definition) is 4. The number of hydrogen-bond donors (Lipinski definition) is 0. The fourth-order valence-corrected chi connectivity index (χ4v) is 1.35. The van der Waals surface area contributed by atoms with Crippen molar-refractivity contribution in [3.05, 3.63) is 41.1 Å². The summed E-state index contributed by atoms with van der Waals surface area (Å²) in [5.41, 5.74) is 1.11. The number of aromatic nitrogens is 1. The molecule has 76 valence electrons. The van der Waals surface area contributed by atoms with Gasteiger partial charge < -0.3 is 14.4 Å². The van der Waals surface area contributed by atoms with Gasteiger partial charge in [0.25, 0.3) is 0 Å². The molecule has 4 nitrogen and oxygen atoms in total. The van der Waals surface area contributed by atoms with Crippen LogP contribution in [0.3, 0.4) is 0 Å². The highest BCUT2D eigenvalue weighted by molar-refractivity contribution is 6.30. The molecule has 0 aliphatic carbocycles. The molecule has 0 unspecified atom stereocenters. The van der Waals surface area contributed by atoms with Gasteiger partial charge in [0.05, 0.1) is 0 Å². The van der Waals surface area contributed by atoms with Crippen LogP contribution < -0.4 is 5.11 Å². The highest BCUT2D eigenvalue weighted by Gasteiger charge is 2.06. The van der Waals surface area contributed by atoms with E-state index < -0.39 is 5.97 Å². The van der Waals surface area contributed by atoms with Crippen molar-refractivity contribution in [2.75, 3.05) is 0 Å². The summed E-state index contributed by atoms with van der Waals surface area (Å²) in [5, 5.41) is 14.6. The quantitative estimate of drug-likeness (QED) is 0.770. The van der Waals surface area contributed by atoms with Crippen LogP contribution in [0.2, 0.25) is 5.02 Å². The van der Waals surface area contributed by atoms with E-state index in [2.05, 4.69) is 9.68 Å². The predicted molar refractivity (Wildman–Crippen MR) is 51.3 cm³/mol. The van der Waals surface area contributed by atoms with Gasteiger partial charge in [-0.25, -0.2) is 0 Å². The van der Waals surface area contributed by atoms with Crippen LogP contribution >= 0.6 is 11.6 Å². The molecule has 15 heavy (non-hydrogen) atoms. The van der Waals surface area contributed by atoms with Crippen LogP contribution in [0.5, 0.6) is 0 Å². The third kappa shape index (κ3) is 1.99. The second-order valence-corrected chi connectivity index (χ2v) is 3.31. The molecular formula is C10H5ClNO3-. The van der Waals surface area contributed by atoms with E-state index in [1.807, 2.05) is 0 Å². The van der Waals surface area contributed by atoms with Gasteiger partial charge >= 0.3 is 0 Å². The molecule has 0 fully saturated rings. The summed E-state index contributed by atoms with van der Waals surface area (Å²) in [5.74, 6) is -1.69. The lowest BCUT2D eigenvalue weighted by molar-refractivity contribution is -0.257. The van der Waals surface area contributed by atoms with Gasteiger partial charge in [-0.3, -0.25) is 0 Å². The fourth-order valence-electron chi connectivity index (χ4n) is 1.16. The first-order valence-corrected chi connectivity index (χ1v) is 4.48. The van der Waals surface area contributed by atoms with Crippen molar-refractivity contribution in [3.8, 4) is 11.3 Å². The van der Waals surface area contributed by atoms with Gasteiger partial charge in [0, 0.05) is 16.7 Å². The van der Waals surface area contributed by atoms with E-state index >= 15 is 0 Å². The number of carboxylic acid groups (broad SMARTS) is 1. The van der Waals surface area contributed by atoms with Crippen molar-refractivity contribution < 1.29 is 14.4 Å². The molecule has 0 aliphatic heterocycles. The minimum atomic E-state index is -1.39. The number of nitrogens with zero attached hydrogens (tertiary/aromatic N) is 1. The summed E-state index contributed by atoms with van der Waals surface area (Å²) in [6, 6.07) is 8.16. The Hall–Kier alpha value is -1.81. The van der Waals surface area contributed by atoms with Gasteiger partial charge in [-0.2, -0.15) is 0 Å². The van der Waals surface area contributed by atoms with Gasteiger partial charge in [0.15, 0.2) is 5.76 Å². The number of carboxylic acids is 1. The topological polar surface area (TPSA) is 66.2 Å². The zero-order chi connectivity index (χ0) is 10.8. The molecule has 0 bridgehead atoms. The van der Waals surface area contributed by atoms with Gasteiger partial charge in [-0.05, 0) is 12.1 Å². The smallest absolute Gasteiger partial charge is 0.182 e. The molecular weight excluding hydrogens is 218 g/mol. The molecule has 0 aliphatic rings. The minimum absolute atomic E-state index is 0.301. The van der Waals surface area contributed by atoms with Crippen LogP contribution in [0, 0.1) is 0 Å². The first kappa shape index (κ1) is 9.73. The number of aromatic carboxylic acids is 1. The van der Waals surface area contributed by atoms with E-state index in [0.29, 0.717) is 16.3 Å². The third-order valence-corrected chi connectivity index (χ3v) is 2.07. The van der Waals surface area contributed by atoms with Crippen molar-refractivity contribution in [1.82, 2.24) is 5.16 Å². The summed E-state index contributed by atoms with van der Waals surface area (Å²) in [7, 11) is 0. The lowest BCUT2D eigenvalue weighted by Crippen LogP contribution is -2.21. The number of benzene rings is 1. The molecule has 2 rings (SSSR count). The van der Waals surface area contributed by atoms with Gasteiger partial charge in [-0.1, -0.05) is 28.9 Å². The molecule has 0 saturated heterocycles. The summed E-state index contributed by atoms with van der Waals surface area (Å²) in [4.78, 5) is 10.4. The second-order valence-electron chi connectivity index (χ2n) is 2.87. The Morgan fingerprint density at radius 1 is 1.40 bits per heavy atom. The molecule has 0 radical (unpaired) electrons. The van der Waals surface area contributed by atoms with Crippen LogP contribution in [0.4, 0.5) is 0 Å². The molecule has 5 heteroatoms. The van der Waals surface area contributed by atoms with Crippen LogP contribution in [-0.4, -0.2) is 11.1 Å². The maximum Gasteiger partial charge on any atom is 0.182 e. The highest BCUT2D eigenvalue weighted by atomic mass is 35.5. The molecule has 1 aromatic carbocycles. The van der Waals surface area contributed by atoms with Gasteiger partial charge in [0.1, 0.15) is 11.7 Å². The molecule has 0 atom stereocenters. The molecule has 1 heterocycles. The Morgan fingerprint density at radius 2 is 2.20 bits per heavy atom. The van der Waals surface area contributed by atoms with Crippen LogP contribution in [0.1, 0.15) is 10.6 Å². The van der Waals surface area contributed by atoms with Crippen LogP contribution in [-0.2, 0) is 0 Å². The standard InChI is InChI=1S/C10H6ClNO3/c11-7-3-1-2-6(4-7)8-5-9(10(13)14)15-12-8/h1-5H,(H,13,14)/p-1. The van der Waals surface area contributed by atoms with E-state index in [-0.39, 0.29) is 5.76 Å².